The van der Waals surface area contributed by atoms with Crippen molar-refractivity contribution in [3.05, 3.63) is 34.9 Å². The normalized spacial score (nSPS) is 16.4. The van der Waals surface area contributed by atoms with Crippen LogP contribution < -0.4 is 0 Å². The van der Waals surface area contributed by atoms with Crippen LogP contribution in [0.1, 0.15) is 31.2 Å². The average Bonchev–Trinajstić information content (AvgIpc) is 2.41. The monoisotopic (exact) mass is 279 g/mol. The molecule has 1 aromatic rings. The summed E-state index contributed by atoms with van der Waals surface area (Å²) in [6.45, 7) is 0. The van der Waals surface area contributed by atoms with Crippen LogP contribution in [-0.2, 0) is 16.0 Å². The number of benzene rings is 1. The number of rotatable bonds is 3. The third kappa shape index (κ3) is 3.57. The molecule has 0 heterocycles. The number of hydrogen-bond donors (Lipinski definition) is 0. The van der Waals surface area contributed by atoms with Crippen LogP contribution in [0.2, 0.25) is 5.02 Å². The standard InChI is InChI=1S/C15H18ClNO2/c1-17(12-6-8-13(18)9-7-12)15(19)10-11-4-2-3-5-14(11)16/h2-5,12H,6-10H2,1H3. The van der Waals surface area contributed by atoms with Gasteiger partial charge in [0.25, 0.3) is 0 Å². The van der Waals surface area contributed by atoms with Gasteiger partial charge in [-0.15, -0.1) is 0 Å². The highest BCUT2D eigenvalue weighted by atomic mass is 35.5. The molecule has 0 spiro atoms. The van der Waals surface area contributed by atoms with E-state index in [2.05, 4.69) is 0 Å². The molecular weight excluding hydrogens is 262 g/mol. The van der Waals surface area contributed by atoms with Crippen molar-refractivity contribution >= 4 is 23.3 Å². The van der Waals surface area contributed by atoms with E-state index < -0.39 is 0 Å². The van der Waals surface area contributed by atoms with E-state index in [0.29, 0.717) is 30.1 Å². The van der Waals surface area contributed by atoms with Crippen molar-refractivity contribution in [3.63, 3.8) is 0 Å². The Balaban J connectivity index is 1.96. The third-order valence-corrected chi connectivity index (χ3v) is 4.12. The lowest BCUT2D eigenvalue weighted by Crippen LogP contribution is -2.40. The van der Waals surface area contributed by atoms with Gasteiger partial charge in [0.2, 0.25) is 5.91 Å². The van der Waals surface area contributed by atoms with E-state index in [0.717, 1.165) is 18.4 Å². The molecule has 0 atom stereocenters. The third-order valence-electron chi connectivity index (χ3n) is 3.75. The van der Waals surface area contributed by atoms with Crippen molar-refractivity contribution in [1.82, 2.24) is 4.90 Å². The molecule has 1 amide bonds. The minimum atomic E-state index is 0.0625. The smallest absolute Gasteiger partial charge is 0.227 e. The lowest BCUT2D eigenvalue weighted by Gasteiger charge is -2.31. The van der Waals surface area contributed by atoms with Gasteiger partial charge >= 0.3 is 0 Å². The maximum Gasteiger partial charge on any atom is 0.227 e. The minimum absolute atomic E-state index is 0.0625. The zero-order valence-electron chi connectivity index (χ0n) is 11.1. The maximum absolute atomic E-state index is 12.2. The Morgan fingerprint density at radius 1 is 1.32 bits per heavy atom. The molecule has 4 heteroatoms. The number of Topliss-reactive ketones (excluding diaryl/α,β-unsaturated/α-hetero) is 1. The summed E-state index contributed by atoms with van der Waals surface area (Å²) in [5.41, 5.74) is 0.855. The van der Waals surface area contributed by atoms with E-state index >= 15 is 0 Å². The van der Waals surface area contributed by atoms with Crippen molar-refractivity contribution in [2.75, 3.05) is 7.05 Å². The Hall–Kier alpha value is -1.35. The molecule has 3 nitrogen and oxygen atoms in total. The van der Waals surface area contributed by atoms with E-state index in [1.54, 1.807) is 11.0 Å². The summed E-state index contributed by atoms with van der Waals surface area (Å²) in [4.78, 5) is 25.2. The van der Waals surface area contributed by atoms with Gasteiger partial charge in [0.1, 0.15) is 5.78 Å². The highest BCUT2D eigenvalue weighted by Crippen LogP contribution is 2.21. The van der Waals surface area contributed by atoms with Crippen LogP contribution in [0.4, 0.5) is 0 Å². The molecule has 1 aliphatic carbocycles. The molecule has 0 aliphatic heterocycles. The number of halogens is 1. The second kappa shape index (κ2) is 6.20. The number of likely N-dealkylation sites (N-methyl/N-ethyl adjacent to an activating group) is 1. The Morgan fingerprint density at radius 2 is 1.95 bits per heavy atom. The molecule has 19 heavy (non-hydrogen) atoms. The van der Waals surface area contributed by atoms with Gasteiger partial charge in [-0.05, 0) is 24.5 Å². The van der Waals surface area contributed by atoms with Crippen LogP contribution in [0, 0.1) is 0 Å². The Labute approximate surface area is 118 Å². The fourth-order valence-electron chi connectivity index (χ4n) is 2.44. The first-order chi connectivity index (χ1) is 9.08. The van der Waals surface area contributed by atoms with Crippen molar-refractivity contribution < 1.29 is 9.59 Å². The van der Waals surface area contributed by atoms with Gasteiger partial charge in [0, 0.05) is 31.0 Å². The van der Waals surface area contributed by atoms with Crippen molar-refractivity contribution in [2.45, 2.75) is 38.1 Å². The molecule has 0 aromatic heterocycles. The molecule has 1 aromatic carbocycles. The predicted octanol–water partition coefficient (Wildman–Crippen LogP) is 2.85. The Morgan fingerprint density at radius 3 is 2.58 bits per heavy atom. The zero-order chi connectivity index (χ0) is 13.8. The summed E-state index contributed by atoms with van der Waals surface area (Å²) in [7, 11) is 1.82. The number of ketones is 1. The van der Waals surface area contributed by atoms with Crippen LogP contribution in [0.15, 0.2) is 24.3 Å². The van der Waals surface area contributed by atoms with Gasteiger partial charge in [-0.25, -0.2) is 0 Å². The van der Waals surface area contributed by atoms with Gasteiger partial charge in [0.15, 0.2) is 0 Å². The highest BCUT2D eigenvalue weighted by Gasteiger charge is 2.25. The van der Waals surface area contributed by atoms with E-state index in [9.17, 15) is 9.59 Å². The van der Waals surface area contributed by atoms with E-state index in [-0.39, 0.29) is 11.9 Å². The minimum Gasteiger partial charge on any atom is -0.342 e. The fraction of sp³-hybridized carbons (Fsp3) is 0.467. The van der Waals surface area contributed by atoms with Crippen LogP contribution in [0.5, 0.6) is 0 Å². The van der Waals surface area contributed by atoms with Crippen LogP contribution in [0.3, 0.4) is 0 Å². The summed E-state index contributed by atoms with van der Waals surface area (Å²) in [6, 6.07) is 7.59. The lowest BCUT2D eigenvalue weighted by atomic mass is 9.93. The molecule has 0 saturated heterocycles. The molecule has 1 aliphatic rings. The summed E-state index contributed by atoms with van der Waals surface area (Å²) in [6.07, 6.45) is 3.07. The quantitative estimate of drug-likeness (QED) is 0.853. The van der Waals surface area contributed by atoms with Gasteiger partial charge < -0.3 is 4.90 Å². The number of nitrogens with zero attached hydrogens (tertiary/aromatic N) is 1. The van der Waals surface area contributed by atoms with Gasteiger partial charge in [-0.2, -0.15) is 0 Å². The first kappa shape index (κ1) is 14.1. The molecule has 0 unspecified atom stereocenters. The van der Waals surface area contributed by atoms with Crippen molar-refractivity contribution in [2.24, 2.45) is 0 Å². The van der Waals surface area contributed by atoms with Crippen LogP contribution >= 0.6 is 11.6 Å². The van der Waals surface area contributed by atoms with Crippen molar-refractivity contribution in [1.29, 1.82) is 0 Å². The predicted molar refractivity (Wildman–Crippen MR) is 75.2 cm³/mol. The van der Waals surface area contributed by atoms with Crippen molar-refractivity contribution in [3.8, 4) is 0 Å². The summed E-state index contributed by atoms with van der Waals surface area (Å²) >= 11 is 6.06. The number of carbonyl (C=O) groups is 2. The van der Waals surface area contributed by atoms with Gasteiger partial charge in [0.05, 0.1) is 6.42 Å². The highest BCUT2D eigenvalue weighted by molar-refractivity contribution is 6.31. The average molecular weight is 280 g/mol. The zero-order valence-corrected chi connectivity index (χ0v) is 11.8. The number of carbonyl (C=O) groups excluding carboxylic acids is 2. The molecule has 2 rings (SSSR count). The Bertz CT molecular complexity index is 477. The molecular formula is C15H18ClNO2. The fourth-order valence-corrected chi connectivity index (χ4v) is 2.65. The van der Waals surface area contributed by atoms with Crippen LogP contribution in [0.25, 0.3) is 0 Å². The number of amides is 1. The summed E-state index contributed by atoms with van der Waals surface area (Å²) in [5.74, 6) is 0.371. The maximum atomic E-state index is 12.2. The van der Waals surface area contributed by atoms with E-state index in [1.807, 2.05) is 25.2 Å². The summed E-state index contributed by atoms with van der Waals surface area (Å²) in [5, 5.41) is 0.628. The first-order valence-corrected chi connectivity index (χ1v) is 6.96. The summed E-state index contributed by atoms with van der Waals surface area (Å²) < 4.78 is 0. The second-order valence-corrected chi connectivity index (χ2v) is 5.45. The SMILES string of the molecule is CN(C(=O)Cc1ccccc1Cl)C1CCC(=O)CC1. The van der Waals surface area contributed by atoms with E-state index in [4.69, 9.17) is 11.6 Å². The topological polar surface area (TPSA) is 37.4 Å². The molecule has 0 radical (unpaired) electrons. The Kier molecular flexibility index (Phi) is 4.59. The number of hydrogen-bond acceptors (Lipinski definition) is 2. The molecule has 102 valence electrons. The first-order valence-electron chi connectivity index (χ1n) is 6.58. The molecule has 0 bridgehead atoms. The van der Waals surface area contributed by atoms with E-state index in [1.165, 1.54) is 0 Å². The van der Waals surface area contributed by atoms with Gasteiger partial charge in [-0.1, -0.05) is 29.8 Å². The van der Waals surface area contributed by atoms with Crippen LogP contribution in [-0.4, -0.2) is 29.7 Å². The second-order valence-electron chi connectivity index (χ2n) is 5.04. The molecule has 0 N–H and O–H groups in total. The molecule has 1 saturated carbocycles. The largest absolute Gasteiger partial charge is 0.342 e. The molecule has 1 fully saturated rings. The van der Waals surface area contributed by atoms with Gasteiger partial charge in [-0.3, -0.25) is 9.59 Å². The lowest BCUT2D eigenvalue weighted by molar-refractivity contribution is -0.133.